The molecule has 2 aliphatic rings. The highest BCUT2D eigenvalue weighted by atomic mass is 79.9. The second kappa shape index (κ2) is 6.43. The van der Waals surface area contributed by atoms with Crippen molar-refractivity contribution >= 4 is 32.7 Å². The van der Waals surface area contributed by atoms with Crippen molar-refractivity contribution in [3.63, 3.8) is 0 Å². The monoisotopic (exact) mass is 411 g/mol. The van der Waals surface area contributed by atoms with Crippen LogP contribution in [0.5, 0.6) is 11.5 Å². The molecule has 5 nitrogen and oxygen atoms in total. The second-order valence-electron chi connectivity index (χ2n) is 6.62. The number of aromatic nitrogens is 2. The fraction of sp³-hybridized carbons (Fsp3) is 0.300. The standard InChI is InChI=1S/C20H18BrN3O2/c21-14-4-1-3-13(9-14)17-5-2-6-24(17)20-15-10-18-19(26-8-7-25-18)11-16(15)22-12-23-20/h1,3-4,9-12,17H,2,5-8H2. The van der Waals surface area contributed by atoms with Gasteiger partial charge in [0, 0.05) is 22.5 Å². The minimum atomic E-state index is 0.318. The third kappa shape index (κ3) is 2.69. The number of rotatable bonds is 2. The first-order chi connectivity index (χ1) is 12.8. The molecule has 1 atom stereocenters. The largest absolute Gasteiger partial charge is 0.486 e. The Morgan fingerprint density at radius 2 is 1.88 bits per heavy atom. The number of hydrogen-bond donors (Lipinski definition) is 0. The van der Waals surface area contributed by atoms with Gasteiger partial charge < -0.3 is 14.4 Å². The van der Waals surface area contributed by atoms with Gasteiger partial charge in [-0.15, -0.1) is 0 Å². The summed E-state index contributed by atoms with van der Waals surface area (Å²) in [4.78, 5) is 11.5. The fourth-order valence-corrected chi connectivity index (χ4v) is 4.31. The molecule has 132 valence electrons. The van der Waals surface area contributed by atoms with Gasteiger partial charge in [0.05, 0.1) is 11.6 Å². The van der Waals surface area contributed by atoms with E-state index in [0.29, 0.717) is 19.3 Å². The maximum Gasteiger partial charge on any atom is 0.163 e. The van der Waals surface area contributed by atoms with E-state index in [1.807, 2.05) is 12.1 Å². The molecule has 1 saturated heterocycles. The lowest BCUT2D eigenvalue weighted by molar-refractivity contribution is 0.172. The van der Waals surface area contributed by atoms with E-state index in [2.05, 4.69) is 55.1 Å². The summed E-state index contributed by atoms with van der Waals surface area (Å²) in [5.41, 5.74) is 2.19. The van der Waals surface area contributed by atoms with E-state index in [9.17, 15) is 0 Å². The molecule has 0 bridgehead atoms. The van der Waals surface area contributed by atoms with Gasteiger partial charge in [0.15, 0.2) is 11.5 Å². The van der Waals surface area contributed by atoms with Gasteiger partial charge >= 0.3 is 0 Å². The Kier molecular flexibility index (Phi) is 3.93. The number of benzene rings is 2. The summed E-state index contributed by atoms with van der Waals surface area (Å²) in [6.45, 7) is 2.14. The van der Waals surface area contributed by atoms with E-state index in [0.717, 1.165) is 52.1 Å². The fourth-order valence-electron chi connectivity index (χ4n) is 3.89. The van der Waals surface area contributed by atoms with Crippen molar-refractivity contribution < 1.29 is 9.47 Å². The summed E-state index contributed by atoms with van der Waals surface area (Å²) in [5.74, 6) is 2.51. The van der Waals surface area contributed by atoms with Gasteiger partial charge in [-0.05, 0) is 36.6 Å². The molecule has 1 fully saturated rings. The van der Waals surface area contributed by atoms with E-state index < -0.39 is 0 Å². The highest BCUT2D eigenvalue weighted by Gasteiger charge is 2.29. The molecule has 0 saturated carbocycles. The molecule has 0 radical (unpaired) electrons. The second-order valence-corrected chi connectivity index (χ2v) is 7.53. The lowest BCUT2D eigenvalue weighted by atomic mass is 10.0. The molecule has 0 amide bonds. The first-order valence-electron chi connectivity index (χ1n) is 8.86. The van der Waals surface area contributed by atoms with Crippen LogP contribution in [0.25, 0.3) is 10.9 Å². The number of halogens is 1. The first-order valence-corrected chi connectivity index (χ1v) is 9.65. The van der Waals surface area contributed by atoms with E-state index in [1.54, 1.807) is 6.33 Å². The van der Waals surface area contributed by atoms with Crippen LogP contribution in [-0.4, -0.2) is 29.7 Å². The summed E-state index contributed by atoms with van der Waals surface area (Å²) in [7, 11) is 0. The third-order valence-electron chi connectivity index (χ3n) is 5.04. The number of hydrogen-bond acceptors (Lipinski definition) is 5. The van der Waals surface area contributed by atoms with Gasteiger partial charge in [0.1, 0.15) is 25.4 Å². The topological polar surface area (TPSA) is 47.5 Å². The van der Waals surface area contributed by atoms with Crippen molar-refractivity contribution in [1.82, 2.24) is 9.97 Å². The molecule has 1 aromatic heterocycles. The lowest BCUT2D eigenvalue weighted by Gasteiger charge is -2.27. The minimum Gasteiger partial charge on any atom is -0.486 e. The Morgan fingerprint density at radius 1 is 1.04 bits per heavy atom. The zero-order valence-corrected chi connectivity index (χ0v) is 15.8. The molecule has 3 aromatic rings. The lowest BCUT2D eigenvalue weighted by Crippen LogP contribution is -2.24. The number of nitrogens with zero attached hydrogens (tertiary/aromatic N) is 3. The van der Waals surface area contributed by atoms with Gasteiger partial charge in [0.25, 0.3) is 0 Å². The smallest absolute Gasteiger partial charge is 0.163 e. The molecule has 2 aliphatic heterocycles. The quantitative estimate of drug-likeness (QED) is 0.620. The number of fused-ring (bicyclic) bond motifs is 2. The van der Waals surface area contributed by atoms with Crippen molar-refractivity contribution in [2.75, 3.05) is 24.7 Å². The van der Waals surface area contributed by atoms with Crippen molar-refractivity contribution in [1.29, 1.82) is 0 Å². The van der Waals surface area contributed by atoms with Crippen LogP contribution in [0.3, 0.4) is 0 Å². The Hall–Kier alpha value is -2.34. The average molecular weight is 412 g/mol. The Bertz CT molecular complexity index is 978. The minimum absolute atomic E-state index is 0.318. The van der Waals surface area contributed by atoms with Crippen LogP contribution >= 0.6 is 15.9 Å². The maximum atomic E-state index is 5.77. The van der Waals surface area contributed by atoms with E-state index in [4.69, 9.17) is 9.47 Å². The molecule has 5 rings (SSSR count). The first kappa shape index (κ1) is 15.9. The third-order valence-corrected chi connectivity index (χ3v) is 5.53. The number of ether oxygens (including phenoxy) is 2. The predicted molar refractivity (Wildman–Crippen MR) is 104 cm³/mol. The zero-order chi connectivity index (χ0) is 17.5. The zero-order valence-electron chi connectivity index (χ0n) is 14.2. The molecule has 6 heteroatoms. The van der Waals surface area contributed by atoms with Gasteiger partial charge in [-0.25, -0.2) is 9.97 Å². The van der Waals surface area contributed by atoms with Crippen LogP contribution in [0.2, 0.25) is 0 Å². The van der Waals surface area contributed by atoms with Crippen molar-refractivity contribution in [2.45, 2.75) is 18.9 Å². The summed E-state index contributed by atoms with van der Waals surface area (Å²) >= 11 is 3.59. The molecule has 0 aliphatic carbocycles. The SMILES string of the molecule is Brc1cccc(C2CCCN2c2ncnc3cc4c(cc23)OCCO4)c1. The van der Waals surface area contributed by atoms with Crippen molar-refractivity contribution in [3.8, 4) is 11.5 Å². The van der Waals surface area contributed by atoms with Crippen LogP contribution in [0.15, 0.2) is 47.2 Å². The summed E-state index contributed by atoms with van der Waals surface area (Å²) in [5, 5.41) is 1.01. The van der Waals surface area contributed by atoms with Gasteiger partial charge in [-0.3, -0.25) is 0 Å². The van der Waals surface area contributed by atoms with Crippen LogP contribution < -0.4 is 14.4 Å². The summed E-state index contributed by atoms with van der Waals surface area (Å²) < 4.78 is 12.6. The molecule has 0 spiro atoms. The van der Waals surface area contributed by atoms with E-state index in [1.165, 1.54) is 5.56 Å². The maximum absolute atomic E-state index is 5.77. The summed E-state index contributed by atoms with van der Waals surface area (Å²) in [6, 6.07) is 12.8. The van der Waals surface area contributed by atoms with Crippen LogP contribution in [0.4, 0.5) is 5.82 Å². The molecule has 0 N–H and O–H groups in total. The van der Waals surface area contributed by atoms with Crippen LogP contribution in [-0.2, 0) is 0 Å². The molecular formula is C20H18BrN3O2. The number of anilines is 1. The normalized spacial score (nSPS) is 19.1. The molecule has 26 heavy (non-hydrogen) atoms. The van der Waals surface area contributed by atoms with Gasteiger partial charge in [0.2, 0.25) is 0 Å². The van der Waals surface area contributed by atoms with Gasteiger partial charge in [-0.2, -0.15) is 0 Å². The van der Waals surface area contributed by atoms with Crippen molar-refractivity contribution in [2.24, 2.45) is 0 Å². The summed E-state index contributed by atoms with van der Waals surface area (Å²) in [6.07, 6.45) is 3.91. The molecule has 1 unspecified atom stereocenters. The average Bonchev–Trinajstić information content (AvgIpc) is 3.15. The van der Waals surface area contributed by atoms with Crippen LogP contribution in [0.1, 0.15) is 24.4 Å². The Balaban J connectivity index is 1.61. The Morgan fingerprint density at radius 3 is 2.73 bits per heavy atom. The molecule has 2 aromatic carbocycles. The van der Waals surface area contributed by atoms with Gasteiger partial charge in [-0.1, -0.05) is 28.1 Å². The predicted octanol–water partition coefficient (Wildman–Crippen LogP) is 4.51. The molecule has 3 heterocycles. The van der Waals surface area contributed by atoms with Crippen LogP contribution in [0, 0.1) is 0 Å². The molecular weight excluding hydrogens is 394 g/mol. The highest BCUT2D eigenvalue weighted by Crippen LogP contribution is 2.41. The highest BCUT2D eigenvalue weighted by molar-refractivity contribution is 9.10. The van der Waals surface area contributed by atoms with E-state index in [-0.39, 0.29) is 0 Å². The van der Waals surface area contributed by atoms with E-state index >= 15 is 0 Å². The Labute approximate surface area is 160 Å². The van der Waals surface area contributed by atoms with Crippen molar-refractivity contribution in [3.05, 3.63) is 52.8 Å².